The standard InChI is InChI=1S/C15H23N3O.HI/c1-4-11-17-15(16-5-2)18-12-14(19-3)13-9-7-6-8-10-13;/h4,6-10,14H,1,5,11-12H2,2-3H3,(H2,16,17,18);1H. The second kappa shape index (κ2) is 11.7. The smallest absolute Gasteiger partial charge is 0.191 e. The second-order valence-electron chi connectivity index (χ2n) is 4.02. The maximum atomic E-state index is 5.49. The fraction of sp³-hybridized carbons (Fsp3) is 0.400. The van der Waals surface area contributed by atoms with Gasteiger partial charge in [0.15, 0.2) is 5.96 Å². The highest BCUT2D eigenvalue weighted by Gasteiger charge is 2.09. The second-order valence-corrected chi connectivity index (χ2v) is 4.02. The maximum absolute atomic E-state index is 5.49. The first-order valence-corrected chi connectivity index (χ1v) is 6.52. The van der Waals surface area contributed by atoms with Crippen LogP contribution in [0.3, 0.4) is 0 Å². The molecule has 0 aliphatic rings. The van der Waals surface area contributed by atoms with Crippen molar-refractivity contribution in [3.8, 4) is 0 Å². The number of aliphatic imine (C=N–C) groups is 1. The van der Waals surface area contributed by atoms with E-state index >= 15 is 0 Å². The molecule has 0 saturated carbocycles. The van der Waals surface area contributed by atoms with Gasteiger partial charge in [0, 0.05) is 20.2 Å². The van der Waals surface area contributed by atoms with Gasteiger partial charge in [-0.15, -0.1) is 30.6 Å². The van der Waals surface area contributed by atoms with Crippen molar-refractivity contribution in [2.24, 2.45) is 4.99 Å². The number of halogens is 1. The predicted octanol–water partition coefficient (Wildman–Crippen LogP) is 2.73. The molecule has 0 heterocycles. The zero-order chi connectivity index (χ0) is 13.9. The van der Waals surface area contributed by atoms with Crippen molar-refractivity contribution in [3.05, 3.63) is 48.6 Å². The summed E-state index contributed by atoms with van der Waals surface area (Å²) >= 11 is 0. The lowest BCUT2D eigenvalue weighted by Crippen LogP contribution is -2.37. The van der Waals surface area contributed by atoms with Gasteiger partial charge in [-0.2, -0.15) is 0 Å². The third kappa shape index (κ3) is 6.91. The monoisotopic (exact) mass is 389 g/mol. The van der Waals surface area contributed by atoms with Crippen LogP contribution < -0.4 is 10.6 Å². The van der Waals surface area contributed by atoms with E-state index < -0.39 is 0 Å². The van der Waals surface area contributed by atoms with Crippen molar-refractivity contribution in [2.45, 2.75) is 13.0 Å². The Hall–Kier alpha value is -1.08. The molecule has 0 aliphatic heterocycles. The van der Waals surface area contributed by atoms with Crippen molar-refractivity contribution < 1.29 is 4.74 Å². The van der Waals surface area contributed by atoms with Crippen molar-refractivity contribution in [1.82, 2.24) is 10.6 Å². The third-order valence-corrected chi connectivity index (χ3v) is 2.63. The van der Waals surface area contributed by atoms with Gasteiger partial charge >= 0.3 is 0 Å². The molecule has 0 amide bonds. The van der Waals surface area contributed by atoms with Gasteiger partial charge in [0.1, 0.15) is 6.10 Å². The largest absolute Gasteiger partial charge is 0.375 e. The van der Waals surface area contributed by atoms with E-state index in [1.807, 2.05) is 37.3 Å². The Morgan fingerprint density at radius 3 is 2.60 bits per heavy atom. The number of guanidine groups is 1. The van der Waals surface area contributed by atoms with Gasteiger partial charge < -0.3 is 15.4 Å². The molecule has 4 nitrogen and oxygen atoms in total. The van der Waals surface area contributed by atoms with E-state index in [0.29, 0.717) is 13.1 Å². The Kier molecular flexibility index (Phi) is 11.1. The van der Waals surface area contributed by atoms with E-state index in [-0.39, 0.29) is 30.1 Å². The van der Waals surface area contributed by atoms with Crippen LogP contribution in [0.4, 0.5) is 0 Å². The van der Waals surface area contributed by atoms with Crippen molar-refractivity contribution in [3.63, 3.8) is 0 Å². The molecule has 0 bridgehead atoms. The Morgan fingerprint density at radius 2 is 2.05 bits per heavy atom. The summed E-state index contributed by atoms with van der Waals surface area (Å²) in [6.07, 6.45) is 1.78. The molecular formula is C15H24IN3O. The van der Waals surface area contributed by atoms with Crippen LogP contribution in [0.25, 0.3) is 0 Å². The van der Waals surface area contributed by atoms with Crippen molar-refractivity contribution >= 4 is 29.9 Å². The minimum Gasteiger partial charge on any atom is -0.375 e. The van der Waals surface area contributed by atoms with Crippen LogP contribution in [0, 0.1) is 0 Å². The molecular weight excluding hydrogens is 365 g/mol. The molecule has 1 aromatic rings. The minimum atomic E-state index is -0.0274. The lowest BCUT2D eigenvalue weighted by atomic mass is 10.1. The fourth-order valence-corrected chi connectivity index (χ4v) is 1.67. The van der Waals surface area contributed by atoms with E-state index in [4.69, 9.17) is 4.74 Å². The molecule has 1 aromatic carbocycles. The first kappa shape index (κ1) is 18.9. The molecule has 0 radical (unpaired) electrons. The van der Waals surface area contributed by atoms with Crippen LogP contribution in [-0.4, -0.2) is 32.7 Å². The van der Waals surface area contributed by atoms with Gasteiger partial charge in [0.25, 0.3) is 0 Å². The van der Waals surface area contributed by atoms with E-state index in [1.54, 1.807) is 13.2 Å². The Bertz CT molecular complexity index is 395. The zero-order valence-electron chi connectivity index (χ0n) is 12.1. The summed E-state index contributed by atoms with van der Waals surface area (Å²) in [7, 11) is 1.71. The normalized spacial score (nSPS) is 12.2. The summed E-state index contributed by atoms with van der Waals surface area (Å²) in [5, 5.41) is 6.35. The molecule has 0 fully saturated rings. The molecule has 1 unspecified atom stereocenters. The van der Waals surface area contributed by atoms with Crippen LogP contribution in [0.15, 0.2) is 48.0 Å². The summed E-state index contributed by atoms with van der Waals surface area (Å²) in [5.74, 6) is 0.778. The van der Waals surface area contributed by atoms with E-state index in [2.05, 4.69) is 22.2 Å². The van der Waals surface area contributed by atoms with E-state index in [9.17, 15) is 0 Å². The Morgan fingerprint density at radius 1 is 1.35 bits per heavy atom. The number of methoxy groups -OCH3 is 1. The summed E-state index contributed by atoms with van der Waals surface area (Å²) in [5.41, 5.74) is 1.13. The number of hydrogen-bond acceptors (Lipinski definition) is 2. The number of benzene rings is 1. The maximum Gasteiger partial charge on any atom is 0.191 e. The topological polar surface area (TPSA) is 45.7 Å². The number of rotatable bonds is 7. The van der Waals surface area contributed by atoms with E-state index in [0.717, 1.165) is 18.1 Å². The molecule has 1 rings (SSSR count). The fourth-order valence-electron chi connectivity index (χ4n) is 1.67. The van der Waals surface area contributed by atoms with Gasteiger partial charge in [0.05, 0.1) is 6.54 Å². The van der Waals surface area contributed by atoms with Crippen LogP contribution in [0.1, 0.15) is 18.6 Å². The number of nitrogens with zero attached hydrogens (tertiary/aromatic N) is 1. The highest BCUT2D eigenvalue weighted by molar-refractivity contribution is 14.0. The SMILES string of the molecule is C=CCNC(=NCC(OC)c1ccccc1)NCC.I. The molecule has 1 atom stereocenters. The molecule has 0 spiro atoms. The highest BCUT2D eigenvalue weighted by Crippen LogP contribution is 2.16. The molecule has 2 N–H and O–H groups in total. The molecule has 0 saturated heterocycles. The lowest BCUT2D eigenvalue weighted by molar-refractivity contribution is 0.111. The van der Waals surface area contributed by atoms with Crippen molar-refractivity contribution in [1.29, 1.82) is 0 Å². The van der Waals surface area contributed by atoms with Crippen LogP contribution in [0.2, 0.25) is 0 Å². The van der Waals surface area contributed by atoms with Gasteiger partial charge in [0.2, 0.25) is 0 Å². The van der Waals surface area contributed by atoms with Gasteiger partial charge in [-0.3, -0.25) is 4.99 Å². The first-order chi connectivity index (χ1) is 9.31. The van der Waals surface area contributed by atoms with Crippen LogP contribution in [-0.2, 0) is 4.74 Å². The average molecular weight is 389 g/mol. The zero-order valence-corrected chi connectivity index (χ0v) is 14.5. The molecule has 112 valence electrons. The Labute approximate surface area is 138 Å². The van der Waals surface area contributed by atoms with Crippen LogP contribution in [0.5, 0.6) is 0 Å². The molecule has 0 aromatic heterocycles. The summed E-state index contributed by atoms with van der Waals surface area (Å²) in [6.45, 7) is 7.81. The average Bonchev–Trinajstić information content (AvgIpc) is 2.46. The summed E-state index contributed by atoms with van der Waals surface area (Å²) in [4.78, 5) is 4.52. The molecule has 5 heteroatoms. The summed E-state index contributed by atoms with van der Waals surface area (Å²) < 4.78 is 5.49. The molecule has 0 aliphatic carbocycles. The van der Waals surface area contributed by atoms with E-state index in [1.165, 1.54) is 0 Å². The quantitative estimate of drug-likeness (QED) is 0.326. The summed E-state index contributed by atoms with van der Waals surface area (Å²) in [6, 6.07) is 10.1. The number of ether oxygens (including phenoxy) is 1. The third-order valence-electron chi connectivity index (χ3n) is 2.63. The van der Waals surface area contributed by atoms with Crippen LogP contribution >= 0.6 is 24.0 Å². The molecule has 20 heavy (non-hydrogen) atoms. The Balaban J connectivity index is 0.00000361. The van der Waals surface area contributed by atoms with Gasteiger partial charge in [-0.05, 0) is 12.5 Å². The first-order valence-electron chi connectivity index (χ1n) is 6.52. The predicted molar refractivity (Wildman–Crippen MR) is 95.8 cm³/mol. The number of nitrogens with one attached hydrogen (secondary N) is 2. The minimum absolute atomic E-state index is 0. The number of hydrogen-bond donors (Lipinski definition) is 2. The van der Waals surface area contributed by atoms with Crippen molar-refractivity contribution in [2.75, 3.05) is 26.7 Å². The van der Waals surface area contributed by atoms with Gasteiger partial charge in [-0.25, -0.2) is 0 Å². The highest BCUT2D eigenvalue weighted by atomic mass is 127. The van der Waals surface area contributed by atoms with Gasteiger partial charge in [-0.1, -0.05) is 36.4 Å². The lowest BCUT2D eigenvalue weighted by Gasteiger charge is -2.15.